The van der Waals surface area contributed by atoms with Crippen molar-refractivity contribution in [3.05, 3.63) is 89.5 Å². The molecule has 0 atom stereocenters. The van der Waals surface area contributed by atoms with Gasteiger partial charge in [-0.05, 0) is 61.9 Å². The van der Waals surface area contributed by atoms with Gasteiger partial charge in [0.2, 0.25) is 0 Å². The van der Waals surface area contributed by atoms with Crippen molar-refractivity contribution in [2.75, 3.05) is 4.31 Å². The smallest absolute Gasteiger partial charge is 0.416 e. The molecule has 0 saturated carbocycles. The molecule has 0 amide bonds. The molecule has 0 aliphatic rings. The highest BCUT2D eigenvalue weighted by Gasteiger charge is 2.34. The van der Waals surface area contributed by atoms with E-state index in [4.69, 9.17) is 9.84 Å². The van der Waals surface area contributed by atoms with Gasteiger partial charge in [-0.25, -0.2) is 13.2 Å². The number of carboxylic acids is 1. The molecule has 36 heavy (non-hydrogen) atoms. The van der Waals surface area contributed by atoms with E-state index in [2.05, 4.69) is 5.92 Å². The van der Waals surface area contributed by atoms with E-state index in [1.807, 2.05) is 5.92 Å². The van der Waals surface area contributed by atoms with Gasteiger partial charge in [0.25, 0.3) is 10.0 Å². The lowest BCUT2D eigenvalue weighted by molar-refractivity contribution is -0.137. The van der Waals surface area contributed by atoms with Crippen LogP contribution in [0, 0.1) is 11.8 Å². The van der Waals surface area contributed by atoms with Crippen LogP contribution in [-0.4, -0.2) is 25.5 Å². The lowest BCUT2D eigenvalue weighted by atomic mass is 10.1. The average Bonchev–Trinajstić information content (AvgIpc) is 2.82. The summed E-state index contributed by atoms with van der Waals surface area (Å²) in [5.41, 5.74) is -0.0331. The number of anilines is 1. The van der Waals surface area contributed by atoms with Gasteiger partial charge in [-0.15, -0.1) is 0 Å². The molecular weight excluding hydrogens is 495 g/mol. The Morgan fingerprint density at radius 1 is 1.03 bits per heavy atom. The topological polar surface area (TPSA) is 83.9 Å². The second-order valence-corrected chi connectivity index (χ2v) is 9.74. The summed E-state index contributed by atoms with van der Waals surface area (Å²) in [4.78, 5) is 10.6. The minimum absolute atomic E-state index is 0.0115. The zero-order valence-corrected chi connectivity index (χ0v) is 20.1. The predicted molar refractivity (Wildman–Crippen MR) is 128 cm³/mol. The third-order valence-electron chi connectivity index (χ3n) is 4.96. The van der Waals surface area contributed by atoms with Crippen LogP contribution >= 0.6 is 0 Å². The first kappa shape index (κ1) is 26.6. The molecule has 0 bridgehead atoms. The van der Waals surface area contributed by atoms with Gasteiger partial charge in [-0.1, -0.05) is 36.3 Å². The Balaban J connectivity index is 2.01. The molecule has 3 aromatic carbocycles. The highest BCUT2D eigenvalue weighted by Crippen LogP contribution is 2.39. The van der Waals surface area contributed by atoms with Crippen LogP contribution in [0.2, 0.25) is 0 Å². The third-order valence-corrected chi connectivity index (χ3v) is 6.96. The summed E-state index contributed by atoms with van der Waals surface area (Å²) in [6, 6.07) is 15.9. The molecule has 0 heterocycles. The van der Waals surface area contributed by atoms with E-state index >= 15 is 0 Å². The summed E-state index contributed by atoms with van der Waals surface area (Å²) in [6.45, 7) is 3.05. The monoisotopic (exact) mass is 517 g/mol. The van der Waals surface area contributed by atoms with Crippen LogP contribution in [0.25, 0.3) is 0 Å². The normalized spacial score (nSPS) is 11.5. The van der Waals surface area contributed by atoms with E-state index in [1.54, 1.807) is 56.3 Å². The molecule has 0 spiro atoms. The Bertz CT molecular complexity index is 1390. The van der Waals surface area contributed by atoms with Crippen molar-refractivity contribution in [3.63, 3.8) is 0 Å². The maximum atomic E-state index is 13.5. The molecule has 6 nitrogen and oxygen atoms in total. The van der Waals surface area contributed by atoms with Crippen molar-refractivity contribution in [1.29, 1.82) is 0 Å². The van der Waals surface area contributed by atoms with Crippen molar-refractivity contribution in [2.24, 2.45) is 0 Å². The minimum Gasteiger partial charge on any atom is -0.487 e. The molecule has 0 radical (unpaired) electrons. The van der Waals surface area contributed by atoms with Crippen LogP contribution in [0.3, 0.4) is 0 Å². The highest BCUT2D eigenvalue weighted by molar-refractivity contribution is 7.92. The number of aliphatic carboxylic acids is 1. The summed E-state index contributed by atoms with van der Waals surface area (Å²) in [6.07, 6.45) is -4.66. The molecule has 0 aromatic heterocycles. The Kier molecular flexibility index (Phi) is 7.95. The second kappa shape index (κ2) is 10.7. The number of carbonyl (C=O) groups is 1. The highest BCUT2D eigenvalue weighted by atomic mass is 32.2. The van der Waals surface area contributed by atoms with E-state index in [1.165, 1.54) is 12.1 Å². The van der Waals surface area contributed by atoms with Gasteiger partial charge >= 0.3 is 12.1 Å². The fourth-order valence-electron chi connectivity index (χ4n) is 3.35. The number of hydrogen-bond donors (Lipinski definition) is 1. The molecule has 10 heteroatoms. The maximum absolute atomic E-state index is 13.5. The van der Waals surface area contributed by atoms with Gasteiger partial charge < -0.3 is 9.84 Å². The van der Waals surface area contributed by atoms with Crippen LogP contribution in [0.4, 0.5) is 18.9 Å². The van der Waals surface area contributed by atoms with Crippen molar-refractivity contribution in [1.82, 2.24) is 0 Å². The average molecular weight is 518 g/mol. The van der Waals surface area contributed by atoms with Crippen molar-refractivity contribution in [2.45, 2.75) is 37.6 Å². The number of nitrogens with zero attached hydrogens (tertiary/aromatic N) is 1. The van der Waals surface area contributed by atoms with Crippen molar-refractivity contribution in [3.8, 4) is 17.6 Å². The summed E-state index contributed by atoms with van der Waals surface area (Å²) >= 11 is 0. The molecule has 3 rings (SSSR count). The third kappa shape index (κ3) is 6.37. The van der Waals surface area contributed by atoms with Crippen molar-refractivity contribution >= 4 is 21.7 Å². The minimum atomic E-state index is -4.66. The van der Waals surface area contributed by atoms with Crippen LogP contribution < -0.4 is 9.04 Å². The number of sulfonamides is 1. The molecule has 188 valence electrons. The van der Waals surface area contributed by atoms with E-state index in [-0.39, 0.29) is 22.9 Å². The number of ether oxygens (including phenoxy) is 1. The molecule has 0 unspecified atom stereocenters. The molecule has 0 aliphatic heterocycles. The molecule has 0 saturated heterocycles. The van der Waals surface area contributed by atoms with E-state index in [9.17, 15) is 26.4 Å². The van der Waals surface area contributed by atoms with Crippen LogP contribution in [0.1, 0.15) is 30.5 Å². The van der Waals surface area contributed by atoms with Crippen LogP contribution in [-0.2, 0) is 27.6 Å². The number of carboxylic acid groups (broad SMARTS) is 1. The molecule has 0 aliphatic carbocycles. The number of halogens is 3. The molecule has 3 aromatic rings. The maximum Gasteiger partial charge on any atom is 0.416 e. The Hall–Kier alpha value is -3.97. The first-order valence-corrected chi connectivity index (χ1v) is 12.1. The van der Waals surface area contributed by atoms with Crippen molar-refractivity contribution < 1.29 is 36.2 Å². The second-order valence-electron chi connectivity index (χ2n) is 7.93. The van der Waals surface area contributed by atoms with Gasteiger partial charge in [0.05, 0.1) is 16.1 Å². The lowest BCUT2D eigenvalue weighted by Gasteiger charge is -2.30. The number of rotatable bonds is 7. The zero-order valence-electron chi connectivity index (χ0n) is 19.3. The van der Waals surface area contributed by atoms with Crippen LogP contribution in [0.5, 0.6) is 5.75 Å². The summed E-state index contributed by atoms with van der Waals surface area (Å²) in [5.74, 6) is 2.90. The largest absolute Gasteiger partial charge is 0.487 e. The first-order chi connectivity index (χ1) is 16.9. The fourth-order valence-corrected chi connectivity index (χ4v) is 5.04. The Morgan fingerprint density at radius 3 is 2.22 bits per heavy atom. The van der Waals surface area contributed by atoms with E-state index < -0.39 is 33.8 Å². The first-order valence-electron chi connectivity index (χ1n) is 10.7. The summed E-state index contributed by atoms with van der Waals surface area (Å²) in [5, 5.41) is 8.64. The molecular formula is C26H22F3NO5S. The lowest BCUT2D eigenvalue weighted by Crippen LogP contribution is -2.37. The number of benzene rings is 3. The van der Waals surface area contributed by atoms with Gasteiger partial charge in [0.15, 0.2) is 0 Å². The van der Waals surface area contributed by atoms with Crippen LogP contribution in [0.15, 0.2) is 77.7 Å². The quantitative estimate of drug-likeness (QED) is 0.429. The molecule has 1 N–H and O–H groups in total. The van der Waals surface area contributed by atoms with E-state index in [0.717, 1.165) is 22.5 Å². The van der Waals surface area contributed by atoms with Gasteiger partial charge in [0, 0.05) is 17.5 Å². The zero-order chi connectivity index (χ0) is 26.5. The standard InChI is InChI=1S/C26H22F3NO5S/c1-18(2)30(36(33,34)22-6-4-3-5-7-22)23-14-13-21(26(27,28)29)16-24(23)35-17-20-10-8-19(9-11-20)12-15-25(31)32/h3-11,13-14,16,18H,17H2,1-2H3,(H,31,32). The summed E-state index contributed by atoms with van der Waals surface area (Å²) in [7, 11) is -4.12. The fraction of sp³-hybridized carbons (Fsp3) is 0.192. The summed E-state index contributed by atoms with van der Waals surface area (Å²) < 4.78 is 74.0. The Morgan fingerprint density at radius 2 is 1.67 bits per heavy atom. The van der Waals surface area contributed by atoms with E-state index in [0.29, 0.717) is 11.1 Å². The van der Waals surface area contributed by atoms with Gasteiger partial charge in [0.1, 0.15) is 12.4 Å². The number of hydrogen-bond acceptors (Lipinski definition) is 4. The van der Waals surface area contributed by atoms with Gasteiger partial charge in [-0.2, -0.15) is 13.2 Å². The molecule has 0 fully saturated rings. The number of alkyl halides is 3. The predicted octanol–water partition coefficient (Wildman–Crippen LogP) is 5.32. The van der Waals surface area contributed by atoms with Gasteiger partial charge in [-0.3, -0.25) is 4.31 Å². The SMILES string of the molecule is CC(C)N(c1ccc(C(F)(F)F)cc1OCc1ccc(C#CC(=O)O)cc1)S(=O)(=O)c1ccccc1. The Labute approximate surface area is 207 Å².